The maximum absolute atomic E-state index is 12.4. The monoisotopic (exact) mass is 425 g/mol. The van der Waals surface area contributed by atoms with Crippen molar-refractivity contribution >= 4 is 29.0 Å². The molecule has 0 aliphatic rings. The summed E-state index contributed by atoms with van der Waals surface area (Å²) in [5.74, 6) is 0.368. The number of anilines is 1. The fraction of sp³-hybridized carbons (Fsp3) is 0.0909. The van der Waals surface area contributed by atoms with Gasteiger partial charge in [0.15, 0.2) is 0 Å². The summed E-state index contributed by atoms with van der Waals surface area (Å²) in [6.07, 6.45) is 3.95. The molecule has 2 aromatic carbocycles. The Bertz CT molecular complexity index is 1130. The number of alkyl halides is 2. The second-order valence-electron chi connectivity index (χ2n) is 6.37. The zero-order chi connectivity index (χ0) is 20.9. The Kier molecular flexibility index (Phi) is 5.94. The van der Waals surface area contributed by atoms with Crippen molar-refractivity contribution < 1.29 is 18.3 Å². The molecule has 0 saturated carbocycles. The summed E-state index contributed by atoms with van der Waals surface area (Å²) in [4.78, 5) is 18.0. The van der Waals surface area contributed by atoms with Gasteiger partial charge in [0.25, 0.3) is 5.91 Å². The quantitative estimate of drug-likeness (QED) is 0.399. The highest BCUT2D eigenvalue weighted by molar-refractivity contribution is 7.98. The number of amides is 1. The molecule has 0 radical (unpaired) electrons. The Morgan fingerprint density at radius 1 is 1.10 bits per heavy atom. The fourth-order valence-electron chi connectivity index (χ4n) is 2.87. The Morgan fingerprint density at radius 2 is 1.93 bits per heavy atom. The summed E-state index contributed by atoms with van der Waals surface area (Å²) >= 11 is 1.63. The molecular formula is C22H17F2N3O2S. The van der Waals surface area contributed by atoms with E-state index in [1.165, 1.54) is 18.2 Å². The van der Waals surface area contributed by atoms with Crippen LogP contribution in [-0.2, 0) is 5.75 Å². The zero-order valence-electron chi connectivity index (χ0n) is 15.7. The van der Waals surface area contributed by atoms with Gasteiger partial charge in [-0.25, -0.2) is 4.98 Å². The summed E-state index contributed by atoms with van der Waals surface area (Å²) in [7, 11) is 0. The van der Waals surface area contributed by atoms with Crippen LogP contribution in [0.5, 0.6) is 5.75 Å². The molecule has 1 N–H and O–H groups in total. The second-order valence-corrected chi connectivity index (χ2v) is 7.42. The van der Waals surface area contributed by atoms with Crippen LogP contribution in [0.25, 0.3) is 5.65 Å². The van der Waals surface area contributed by atoms with Gasteiger partial charge in [0, 0.05) is 40.4 Å². The third kappa shape index (κ3) is 4.96. The van der Waals surface area contributed by atoms with Gasteiger partial charge in [-0.2, -0.15) is 8.78 Å². The molecule has 0 atom stereocenters. The average Bonchev–Trinajstić information content (AvgIpc) is 3.15. The van der Waals surface area contributed by atoms with Gasteiger partial charge in [0.1, 0.15) is 11.4 Å². The Hall–Kier alpha value is -3.39. The van der Waals surface area contributed by atoms with Crippen LogP contribution in [0.1, 0.15) is 16.1 Å². The third-order valence-electron chi connectivity index (χ3n) is 4.23. The van der Waals surface area contributed by atoms with Crippen molar-refractivity contribution in [3.8, 4) is 5.75 Å². The molecule has 0 aliphatic carbocycles. The number of aromatic nitrogens is 2. The van der Waals surface area contributed by atoms with E-state index in [2.05, 4.69) is 15.0 Å². The lowest BCUT2D eigenvalue weighted by atomic mass is 10.2. The van der Waals surface area contributed by atoms with E-state index in [9.17, 15) is 13.6 Å². The SMILES string of the molecule is O=C(Nc1cccc(OC(F)F)c1)c1ccc(SCc2cn3ccccc3n2)cc1. The molecule has 0 bridgehead atoms. The number of thioether (sulfide) groups is 1. The molecule has 0 saturated heterocycles. The van der Waals surface area contributed by atoms with Crippen LogP contribution < -0.4 is 10.1 Å². The Morgan fingerprint density at radius 3 is 2.70 bits per heavy atom. The van der Waals surface area contributed by atoms with E-state index in [1.807, 2.05) is 47.1 Å². The van der Waals surface area contributed by atoms with Crippen LogP contribution in [-0.4, -0.2) is 21.9 Å². The molecule has 2 heterocycles. The summed E-state index contributed by atoms with van der Waals surface area (Å²) in [6.45, 7) is -2.92. The molecule has 152 valence electrons. The molecule has 2 aromatic heterocycles. The van der Waals surface area contributed by atoms with E-state index in [0.29, 0.717) is 17.0 Å². The number of hydrogen-bond donors (Lipinski definition) is 1. The smallest absolute Gasteiger partial charge is 0.387 e. The Labute approximate surface area is 175 Å². The van der Waals surface area contributed by atoms with Crippen LogP contribution in [0.4, 0.5) is 14.5 Å². The minimum Gasteiger partial charge on any atom is -0.435 e. The number of fused-ring (bicyclic) bond motifs is 1. The first-order chi connectivity index (χ1) is 14.6. The van der Waals surface area contributed by atoms with Crippen molar-refractivity contribution in [3.05, 3.63) is 90.4 Å². The summed E-state index contributed by atoms with van der Waals surface area (Å²) in [6, 6.07) is 18.9. The number of pyridine rings is 1. The van der Waals surface area contributed by atoms with Gasteiger partial charge in [0.2, 0.25) is 0 Å². The van der Waals surface area contributed by atoms with Crippen molar-refractivity contribution in [1.82, 2.24) is 9.38 Å². The van der Waals surface area contributed by atoms with E-state index in [-0.39, 0.29) is 11.7 Å². The second kappa shape index (κ2) is 8.96. The number of benzene rings is 2. The number of rotatable bonds is 7. The maximum atomic E-state index is 12.4. The van der Waals surface area contributed by atoms with E-state index in [1.54, 1.807) is 30.0 Å². The lowest BCUT2D eigenvalue weighted by Gasteiger charge is -2.09. The molecule has 4 rings (SSSR count). The predicted octanol–water partition coefficient (Wildman–Crippen LogP) is 5.48. The molecular weight excluding hydrogens is 408 g/mol. The number of carbonyl (C=O) groups is 1. The summed E-state index contributed by atoms with van der Waals surface area (Å²) < 4.78 is 31.0. The first kappa shape index (κ1) is 19.9. The van der Waals surface area contributed by atoms with Crippen LogP contribution in [0.3, 0.4) is 0 Å². The minimum absolute atomic E-state index is 0.0125. The lowest BCUT2D eigenvalue weighted by Crippen LogP contribution is -2.12. The van der Waals surface area contributed by atoms with Crippen LogP contribution in [0, 0.1) is 0 Å². The third-order valence-corrected chi connectivity index (χ3v) is 5.28. The Balaban J connectivity index is 1.36. The van der Waals surface area contributed by atoms with Crippen molar-refractivity contribution in [3.63, 3.8) is 0 Å². The predicted molar refractivity (Wildman–Crippen MR) is 112 cm³/mol. The highest BCUT2D eigenvalue weighted by Crippen LogP contribution is 2.24. The number of imidazole rings is 1. The first-order valence-corrected chi connectivity index (χ1v) is 10.1. The molecule has 5 nitrogen and oxygen atoms in total. The number of nitrogens with one attached hydrogen (secondary N) is 1. The number of ether oxygens (including phenoxy) is 1. The highest BCUT2D eigenvalue weighted by atomic mass is 32.2. The summed E-state index contributed by atoms with van der Waals surface area (Å²) in [5, 5.41) is 2.68. The van der Waals surface area contributed by atoms with Gasteiger partial charge in [0.05, 0.1) is 5.69 Å². The molecule has 0 spiro atoms. The molecule has 30 heavy (non-hydrogen) atoms. The van der Waals surface area contributed by atoms with Gasteiger partial charge in [-0.1, -0.05) is 12.1 Å². The fourth-order valence-corrected chi connectivity index (χ4v) is 3.65. The van der Waals surface area contributed by atoms with E-state index < -0.39 is 6.61 Å². The van der Waals surface area contributed by atoms with Crippen molar-refractivity contribution in [1.29, 1.82) is 0 Å². The molecule has 1 amide bonds. The van der Waals surface area contributed by atoms with Gasteiger partial charge in [-0.15, -0.1) is 11.8 Å². The van der Waals surface area contributed by atoms with Crippen LogP contribution >= 0.6 is 11.8 Å². The van der Waals surface area contributed by atoms with Crippen LogP contribution in [0.15, 0.2) is 84.0 Å². The maximum Gasteiger partial charge on any atom is 0.387 e. The molecule has 0 unspecified atom stereocenters. The van der Waals surface area contributed by atoms with E-state index in [4.69, 9.17) is 0 Å². The standard InChI is InChI=1S/C22H17F2N3O2S/c23-22(24)29-18-5-3-4-16(12-18)26-21(28)15-7-9-19(10-8-15)30-14-17-13-27-11-2-1-6-20(27)25-17/h1-13,22H,14H2,(H,26,28). The van der Waals surface area contributed by atoms with Crippen molar-refractivity contribution in [2.75, 3.05) is 5.32 Å². The number of nitrogens with zero attached hydrogens (tertiary/aromatic N) is 2. The molecule has 0 fully saturated rings. The van der Waals surface area contributed by atoms with Crippen molar-refractivity contribution in [2.45, 2.75) is 17.3 Å². The number of hydrogen-bond acceptors (Lipinski definition) is 4. The van der Waals surface area contributed by atoms with Gasteiger partial charge >= 0.3 is 6.61 Å². The van der Waals surface area contributed by atoms with E-state index in [0.717, 1.165) is 16.2 Å². The summed E-state index contributed by atoms with van der Waals surface area (Å²) in [5.41, 5.74) is 2.72. The topological polar surface area (TPSA) is 55.6 Å². The highest BCUT2D eigenvalue weighted by Gasteiger charge is 2.09. The normalized spacial score (nSPS) is 11.0. The number of carbonyl (C=O) groups excluding carboxylic acids is 1. The average molecular weight is 425 g/mol. The lowest BCUT2D eigenvalue weighted by molar-refractivity contribution is -0.0497. The zero-order valence-corrected chi connectivity index (χ0v) is 16.5. The molecule has 0 aliphatic heterocycles. The van der Waals surface area contributed by atoms with E-state index >= 15 is 0 Å². The minimum atomic E-state index is -2.92. The van der Waals surface area contributed by atoms with Crippen molar-refractivity contribution in [2.24, 2.45) is 0 Å². The largest absolute Gasteiger partial charge is 0.435 e. The van der Waals surface area contributed by atoms with Gasteiger partial charge < -0.3 is 14.5 Å². The molecule has 4 aromatic rings. The van der Waals surface area contributed by atoms with Crippen LogP contribution in [0.2, 0.25) is 0 Å². The van der Waals surface area contributed by atoms with Gasteiger partial charge in [-0.3, -0.25) is 4.79 Å². The van der Waals surface area contributed by atoms with Gasteiger partial charge in [-0.05, 0) is 48.5 Å². The first-order valence-electron chi connectivity index (χ1n) is 9.08. The molecule has 8 heteroatoms. The number of halogens is 2.